The SMILES string of the molecule is CC(C)C(C)(C(=O)[O-])C(=O)[O-].[Ba+2]. The minimum Gasteiger partial charge on any atom is -0.549 e. The number of carbonyl (C=O) groups excluding carboxylic acids is 2. The Hall–Kier alpha value is 0.511. The molecule has 0 aliphatic rings. The number of carboxylic acid groups (broad SMARTS) is 2. The first-order valence-corrected chi connectivity index (χ1v) is 3.26. The van der Waals surface area contributed by atoms with Gasteiger partial charge >= 0.3 is 48.9 Å². The largest absolute Gasteiger partial charge is 2.00 e. The quantitative estimate of drug-likeness (QED) is 0.436. The van der Waals surface area contributed by atoms with Gasteiger partial charge in [0.25, 0.3) is 0 Å². The van der Waals surface area contributed by atoms with E-state index in [-0.39, 0.29) is 48.9 Å². The second kappa shape index (κ2) is 5.29. The van der Waals surface area contributed by atoms with Crippen molar-refractivity contribution in [2.75, 3.05) is 0 Å². The van der Waals surface area contributed by atoms with Gasteiger partial charge in [-0.2, -0.15) is 0 Å². The number of hydrogen-bond acceptors (Lipinski definition) is 4. The van der Waals surface area contributed by atoms with E-state index in [4.69, 9.17) is 0 Å². The number of rotatable bonds is 3. The molecule has 0 atom stereocenters. The maximum absolute atomic E-state index is 10.4. The van der Waals surface area contributed by atoms with Gasteiger partial charge in [-0.1, -0.05) is 13.8 Å². The molecule has 0 aromatic rings. The van der Waals surface area contributed by atoms with Gasteiger partial charge < -0.3 is 19.8 Å². The van der Waals surface area contributed by atoms with Gasteiger partial charge in [-0.3, -0.25) is 0 Å². The second-order valence-electron chi connectivity index (χ2n) is 2.93. The van der Waals surface area contributed by atoms with Crippen LogP contribution in [0.3, 0.4) is 0 Å². The van der Waals surface area contributed by atoms with Crippen LogP contribution in [0.4, 0.5) is 0 Å². The zero-order valence-electron chi connectivity index (χ0n) is 7.42. The van der Waals surface area contributed by atoms with Gasteiger partial charge in [-0.05, 0) is 12.8 Å². The van der Waals surface area contributed by atoms with E-state index in [1.807, 2.05) is 0 Å². The average Bonchev–Trinajstić information content (AvgIpc) is 1.84. The van der Waals surface area contributed by atoms with Crippen molar-refractivity contribution < 1.29 is 19.8 Å². The van der Waals surface area contributed by atoms with Crippen molar-refractivity contribution >= 4 is 60.8 Å². The first-order chi connectivity index (χ1) is 4.83. The van der Waals surface area contributed by atoms with Crippen molar-refractivity contribution in [2.45, 2.75) is 20.8 Å². The van der Waals surface area contributed by atoms with Crippen molar-refractivity contribution in [1.82, 2.24) is 0 Å². The zero-order chi connectivity index (χ0) is 9.23. The summed E-state index contributed by atoms with van der Waals surface area (Å²) in [6, 6.07) is 0. The first-order valence-electron chi connectivity index (χ1n) is 3.26. The Kier molecular flexibility index (Phi) is 6.61. The Bertz CT molecular complexity index is 174. The average molecular weight is 295 g/mol. The third-order valence-electron chi connectivity index (χ3n) is 2.00. The molecule has 64 valence electrons. The molecule has 0 rings (SSSR count). The first kappa shape index (κ1) is 15.0. The van der Waals surface area contributed by atoms with Gasteiger partial charge in [0.05, 0.1) is 11.9 Å². The summed E-state index contributed by atoms with van der Waals surface area (Å²) >= 11 is 0. The minimum atomic E-state index is -1.89. The minimum absolute atomic E-state index is 0. The van der Waals surface area contributed by atoms with Crippen LogP contribution in [0, 0.1) is 11.3 Å². The van der Waals surface area contributed by atoms with E-state index in [2.05, 4.69) is 0 Å². The molecule has 0 saturated heterocycles. The summed E-state index contributed by atoms with van der Waals surface area (Å²) in [6.45, 7) is 4.07. The molecular formula is C7H10BaO4. The van der Waals surface area contributed by atoms with E-state index in [1.165, 1.54) is 13.8 Å². The van der Waals surface area contributed by atoms with Crippen LogP contribution in [0.2, 0.25) is 0 Å². The fraction of sp³-hybridized carbons (Fsp3) is 0.714. The number of carboxylic acids is 2. The molecule has 0 heterocycles. The molecule has 0 fully saturated rings. The smallest absolute Gasteiger partial charge is 0.549 e. The Morgan fingerprint density at radius 2 is 1.42 bits per heavy atom. The Balaban J connectivity index is 0. The van der Waals surface area contributed by atoms with Crippen LogP contribution < -0.4 is 10.2 Å². The summed E-state index contributed by atoms with van der Waals surface area (Å²) in [5, 5.41) is 20.7. The molecule has 4 nitrogen and oxygen atoms in total. The maximum atomic E-state index is 10.4. The van der Waals surface area contributed by atoms with Crippen LogP contribution in [-0.2, 0) is 9.59 Å². The Labute approximate surface area is 111 Å². The van der Waals surface area contributed by atoms with E-state index in [1.54, 1.807) is 0 Å². The second-order valence-corrected chi connectivity index (χ2v) is 2.93. The van der Waals surface area contributed by atoms with Crippen molar-refractivity contribution in [2.24, 2.45) is 11.3 Å². The fourth-order valence-corrected chi connectivity index (χ4v) is 0.555. The molecule has 0 aliphatic carbocycles. The summed E-state index contributed by atoms with van der Waals surface area (Å²) in [5.41, 5.74) is -1.89. The molecular weight excluding hydrogens is 285 g/mol. The van der Waals surface area contributed by atoms with E-state index >= 15 is 0 Å². The molecule has 0 bridgehead atoms. The normalized spacial score (nSPS) is 10.7. The summed E-state index contributed by atoms with van der Waals surface area (Å²) < 4.78 is 0. The van der Waals surface area contributed by atoms with Gasteiger partial charge in [-0.15, -0.1) is 0 Å². The summed E-state index contributed by atoms with van der Waals surface area (Å²) in [6.07, 6.45) is 0. The molecule has 0 aliphatic heterocycles. The van der Waals surface area contributed by atoms with Crippen LogP contribution in [0.15, 0.2) is 0 Å². The molecule has 0 spiro atoms. The summed E-state index contributed by atoms with van der Waals surface area (Å²) in [7, 11) is 0. The summed E-state index contributed by atoms with van der Waals surface area (Å²) in [4.78, 5) is 20.7. The molecule has 0 N–H and O–H groups in total. The molecule has 5 heteroatoms. The molecule has 0 aromatic carbocycles. The molecule has 0 aromatic heterocycles. The van der Waals surface area contributed by atoms with E-state index in [0.29, 0.717) is 0 Å². The number of carbonyl (C=O) groups is 2. The van der Waals surface area contributed by atoms with Crippen LogP contribution in [0.5, 0.6) is 0 Å². The van der Waals surface area contributed by atoms with Crippen molar-refractivity contribution in [3.63, 3.8) is 0 Å². The van der Waals surface area contributed by atoms with Crippen molar-refractivity contribution in [3.05, 3.63) is 0 Å². The molecule has 0 unspecified atom stereocenters. The number of hydrogen-bond donors (Lipinski definition) is 0. The van der Waals surface area contributed by atoms with Crippen LogP contribution >= 0.6 is 0 Å². The third-order valence-corrected chi connectivity index (χ3v) is 2.00. The van der Waals surface area contributed by atoms with E-state index < -0.39 is 23.3 Å². The van der Waals surface area contributed by atoms with Gasteiger partial charge in [0.1, 0.15) is 0 Å². The monoisotopic (exact) mass is 296 g/mol. The van der Waals surface area contributed by atoms with Gasteiger partial charge in [0.15, 0.2) is 0 Å². The van der Waals surface area contributed by atoms with Gasteiger partial charge in [0, 0.05) is 5.41 Å². The Morgan fingerprint density at radius 1 is 1.17 bits per heavy atom. The predicted molar refractivity (Wildman–Crippen MR) is 38.7 cm³/mol. The molecule has 12 heavy (non-hydrogen) atoms. The molecule has 0 saturated carbocycles. The van der Waals surface area contributed by atoms with E-state index in [0.717, 1.165) is 6.92 Å². The van der Waals surface area contributed by atoms with Crippen LogP contribution in [0.1, 0.15) is 20.8 Å². The van der Waals surface area contributed by atoms with Crippen LogP contribution in [-0.4, -0.2) is 60.8 Å². The summed E-state index contributed by atoms with van der Waals surface area (Å²) in [5.74, 6) is -3.75. The zero-order valence-corrected chi connectivity index (χ0v) is 11.9. The standard InChI is InChI=1S/C7H12O4.Ba/c1-4(2)7(3,5(8)9)6(10)11;/h4H,1-3H3,(H,8,9)(H,10,11);/q;+2/p-2. The number of aliphatic carboxylic acids is 2. The predicted octanol–water partition coefficient (Wildman–Crippen LogP) is -2.23. The van der Waals surface area contributed by atoms with Gasteiger partial charge in [-0.25, -0.2) is 0 Å². The topological polar surface area (TPSA) is 80.3 Å². The van der Waals surface area contributed by atoms with E-state index in [9.17, 15) is 19.8 Å². The van der Waals surface area contributed by atoms with Gasteiger partial charge in [0.2, 0.25) is 0 Å². The fourth-order valence-electron chi connectivity index (χ4n) is 0.555. The Morgan fingerprint density at radius 3 is 1.42 bits per heavy atom. The molecule has 0 amide bonds. The van der Waals surface area contributed by atoms with Crippen LogP contribution in [0.25, 0.3) is 0 Å². The maximum Gasteiger partial charge on any atom is 2.00 e. The molecule has 0 radical (unpaired) electrons. The van der Waals surface area contributed by atoms with Crippen molar-refractivity contribution in [1.29, 1.82) is 0 Å². The third kappa shape index (κ3) is 2.78. The van der Waals surface area contributed by atoms with Crippen molar-refractivity contribution in [3.8, 4) is 0 Å².